The van der Waals surface area contributed by atoms with Gasteiger partial charge in [0.05, 0.1) is 12.0 Å². The van der Waals surface area contributed by atoms with Crippen molar-refractivity contribution in [1.82, 2.24) is 19.0 Å². The Hall–Kier alpha value is -3.61. The molecule has 3 aliphatic rings. The van der Waals surface area contributed by atoms with Crippen molar-refractivity contribution >= 4 is 11.6 Å². The molecule has 1 aromatic carbocycles. The molecule has 3 aromatic rings. The second kappa shape index (κ2) is 7.20. The van der Waals surface area contributed by atoms with Crippen LogP contribution in [-0.4, -0.2) is 44.1 Å². The second-order valence-corrected chi connectivity index (χ2v) is 9.57. The normalized spacial score (nSPS) is 21.2. The largest absolute Gasteiger partial charge is 0.366 e. The number of anilines is 1. The lowest BCUT2D eigenvalue weighted by atomic mass is 10.1. The third-order valence-electron chi connectivity index (χ3n) is 7.14. The topological polar surface area (TPSA) is 63.4 Å². The molecular weight excluding hydrogens is 414 g/mol. The number of imidazole rings is 1. The molecule has 2 unspecified atom stereocenters. The Balaban J connectivity index is 1.28. The number of nitrogens with zero attached hydrogens (tertiary/aromatic N) is 5. The number of benzene rings is 1. The van der Waals surface area contributed by atoms with Crippen molar-refractivity contribution in [2.75, 3.05) is 18.0 Å². The highest BCUT2D eigenvalue weighted by atomic mass is 16.2. The van der Waals surface area contributed by atoms with Gasteiger partial charge in [-0.05, 0) is 55.7 Å². The molecule has 1 aliphatic carbocycles. The lowest BCUT2D eigenvalue weighted by molar-refractivity contribution is 0.0590. The van der Waals surface area contributed by atoms with Crippen LogP contribution in [0.25, 0.3) is 5.69 Å². The molecule has 7 heteroatoms. The van der Waals surface area contributed by atoms with Crippen molar-refractivity contribution in [3.63, 3.8) is 0 Å². The van der Waals surface area contributed by atoms with Crippen LogP contribution in [0.15, 0.2) is 59.3 Å². The lowest BCUT2D eigenvalue weighted by Crippen LogP contribution is -2.49. The van der Waals surface area contributed by atoms with Crippen LogP contribution in [0.2, 0.25) is 0 Å². The molecule has 6 rings (SSSR count). The van der Waals surface area contributed by atoms with Crippen LogP contribution in [0.4, 0.5) is 5.69 Å². The average Bonchev–Trinajstić information content (AvgIpc) is 3.17. The van der Waals surface area contributed by atoms with Crippen LogP contribution in [-0.2, 0) is 13.1 Å². The second-order valence-electron chi connectivity index (χ2n) is 9.57. The highest BCUT2D eigenvalue weighted by Gasteiger charge is 2.36. The summed E-state index contributed by atoms with van der Waals surface area (Å²) in [5, 5.41) is 0. The van der Waals surface area contributed by atoms with Crippen molar-refractivity contribution in [2.45, 2.75) is 39.9 Å². The average molecular weight is 442 g/mol. The van der Waals surface area contributed by atoms with Crippen molar-refractivity contribution < 1.29 is 4.79 Å². The van der Waals surface area contributed by atoms with E-state index in [1.807, 2.05) is 24.9 Å². The summed E-state index contributed by atoms with van der Waals surface area (Å²) in [7, 11) is 0. The highest BCUT2D eigenvalue weighted by molar-refractivity contribution is 5.93. The number of fused-ring (bicyclic) bond motifs is 2. The molecule has 2 aromatic heterocycles. The zero-order chi connectivity index (χ0) is 22.9. The first-order chi connectivity index (χ1) is 15.9. The zero-order valence-corrected chi connectivity index (χ0v) is 19.2. The molecule has 1 fully saturated rings. The molecule has 1 amide bonds. The first-order valence-electron chi connectivity index (χ1n) is 11.5. The van der Waals surface area contributed by atoms with Gasteiger partial charge in [0.25, 0.3) is 11.5 Å². The first-order valence-corrected chi connectivity index (χ1v) is 11.5. The summed E-state index contributed by atoms with van der Waals surface area (Å²) in [5.41, 5.74) is 6.82. The van der Waals surface area contributed by atoms with Crippen LogP contribution in [0.3, 0.4) is 0 Å². The van der Waals surface area contributed by atoms with Gasteiger partial charge in [0.15, 0.2) is 0 Å². The van der Waals surface area contributed by atoms with Crippen molar-refractivity contribution in [2.24, 2.45) is 5.92 Å². The summed E-state index contributed by atoms with van der Waals surface area (Å²) in [5.74, 6) is 0.566. The number of carbonyl (C=O) groups excluding carboxylic acids is 1. The third kappa shape index (κ3) is 3.30. The van der Waals surface area contributed by atoms with E-state index < -0.39 is 0 Å². The van der Waals surface area contributed by atoms with E-state index in [2.05, 4.69) is 41.1 Å². The Kier molecular flexibility index (Phi) is 4.37. The van der Waals surface area contributed by atoms with Crippen molar-refractivity contribution in [3.05, 3.63) is 87.4 Å². The molecule has 0 bridgehead atoms. The van der Waals surface area contributed by atoms with Crippen molar-refractivity contribution in [3.8, 4) is 5.69 Å². The van der Waals surface area contributed by atoms with E-state index in [9.17, 15) is 9.59 Å². The van der Waals surface area contributed by atoms with Gasteiger partial charge in [0.2, 0.25) is 0 Å². The third-order valence-corrected chi connectivity index (χ3v) is 7.14. The summed E-state index contributed by atoms with van der Waals surface area (Å²) >= 11 is 0. The van der Waals surface area contributed by atoms with Crippen LogP contribution < -0.4 is 10.5 Å². The van der Waals surface area contributed by atoms with Crippen LogP contribution in [0, 0.1) is 19.8 Å². The molecule has 4 heterocycles. The zero-order valence-electron chi connectivity index (χ0n) is 19.2. The molecule has 33 heavy (non-hydrogen) atoms. The van der Waals surface area contributed by atoms with E-state index in [4.69, 9.17) is 0 Å². The monoisotopic (exact) mass is 441 g/mol. The molecule has 168 valence electrons. The Bertz CT molecular complexity index is 1380. The predicted molar refractivity (Wildman–Crippen MR) is 127 cm³/mol. The molecule has 0 radical (unpaired) electrons. The van der Waals surface area contributed by atoms with Crippen LogP contribution >= 0.6 is 0 Å². The molecule has 0 saturated carbocycles. The molecule has 0 spiro atoms. The molecule has 1 saturated heterocycles. The quantitative estimate of drug-likeness (QED) is 0.584. The number of hydrogen-bond acceptors (Lipinski definition) is 4. The molecule has 2 atom stereocenters. The summed E-state index contributed by atoms with van der Waals surface area (Å²) in [6.07, 6.45) is 5.80. The summed E-state index contributed by atoms with van der Waals surface area (Å²) < 4.78 is 3.33. The van der Waals surface area contributed by atoms with Gasteiger partial charge in [0, 0.05) is 50.0 Å². The minimum Gasteiger partial charge on any atom is -0.366 e. The molecule has 0 N–H and O–H groups in total. The van der Waals surface area contributed by atoms with Gasteiger partial charge >= 0.3 is 0 Å². The fourth-order valence-electron chi connectivity index (χ4n) is 5.17. The Morgan fingerprint density at radius 2 is 1.91 bits per heavy atom. The maximum absolute atomic E-state index is 13.4. The highest BCUT2D eigenvalue weighted by Crippen LogP contribution is 2.40. The minimum atomic E-state index is -0.163. The Labute approximate surface area is 192 Å². The van der Waals surface area contributed by atoms with Gasteiger partial charge in [0.1, 0.15) is 11.4 Å². The van der Waals surface area contributed by atoms with Gasteiger partial charge in [-0.2, -0.15) is 0 Å². The van der Waals surface area contributed by atoms with E-state index in [1.165, 1.54) is 11.3 Å². The minimum absolute atomic E-state index is 0.0863. The number of pyridine rings is 1. The van der Waals surface area contributed by atoms with Gasteiger partial charge < -0.3 is 18.9 Å². The van der Waals surface area contributed by atoms with E-state index in [1.54, 1.807) is 33.2 Å². The fraction of sp³-hybridized carbons (Fsp3) is 0.346. The smallest absolute Gasteiger partial charge is 0.275 e. The summed E-state index contributed by atoms with van der Waals surface area (Å²) in [4.78, 5) is 35.1. The molecule has 2 aliphatic heterocycles. The number of rotatable bonds is 4. The van der Waals surface area contributed by atoms with Gasteiger partial charge in [-0.1, -0.05) is 18.2 Å². The standard InChI is InChI=1S/C26H27N5O2/c1-16-4-5-19(8-24(16)28-13-20-9-21(20)14-28)12-30-18(3)11-31-23(26(30)33)7-6-22(25(31)32)29-10-17(2)27-15-29/h4-10,15,18,20H,11-14H2,1-3H3. The maximum Gasteiger partial charge on any atom is 0.275 e. The SMILES string of the molecule is Cc1cn(-c2ccc3n(c2=O)CC(C)N(Cc2ccc(C)c(N4CC5=CC5C4)c2)C3=O)cn1. The van der Waals surface area contributed by atoms with Gasteiger partial charge in [-0.25, -0.2) is 4.98 Å². The van der Waals surface area contributed by atoms with E-state index in [-0.39, 0.29) is 17.5 Å². The fourth-order valence-corrected chi connectivity index (χ4v) is 5.17. The number of aryl methyl sites for hydroxylation is 2. The van der Waals surface area contributed by atoms with Gasteiger partial charge in [-0.3, -0.25) is 9.59 Å². The van der Waals surface area contributed by atoms with E-state index in [0.29, 0.717) is 30.4 Å². The molecular formula is C26H27N5O2. The van der Waals surface area contributed by atoms with E-state index >= 15 is 0 Å². The molecule has 7 nitrogen and oxygen atoms in total. The van der Waals surface area contributed by atoms with E-state index in [0.717, 1.165) is 24.3 Å². The maximum atomic E-state index is 13.4. The van der Waals surface area contributed by atoms with Crippen LogP contribution in [0.1, 0.15) is 34.2 Å². The Morgan fingerprint density at radius 3 is 2.64 bits per heavy atom. The number of amides is 1. The Morgan fingerprint density at radius 1 is 1.06 bits per heavy atom. The summed E-state index contributed by atoms with van der Waals surface area (Å²) in [6, 6.07) is 9.89. The van der Waals surface area contributed by atoms with Crippen molar-refractivity contribution in [1.29, 1.82) is 0 Å². The van der Waals surface area contributed by atoms with Gasteiger partial charge in [-0.15, -0.1) is 0 Å². The number of aromatic nitrogens is 3. The first kappa shape index (κ1) is 20.0. The predicted octanol–water partition coefficient (Wildman–Crippen LogP) is 3.07. The number of carbonyl (C=O) groups is 1. The summed E-state index contributed by atoms with van der Waals surface area (Å²) in [6.45, 7) is 9.13. The van der Waals surface area contributed by atoms with Crippen LogP contribution in [0.5, 0.6) is 0 Å². The number of hydrogen-bond donors (Lipinski definition) is 0. The lowest BCUT2D eigenvalue weighted by Gasteiger charge is -2.36.